The van der Waals surface area contributed by atoms with Crippen molar-refractivity contribution in [1.29, 1.82) is 0 Å². The van der Waals surface area contributed by atoms with Crippen LogP contribution in [0.3, 0.4) is 0 Å². The minimum absolute atomic E-state index is 0.125. The van der Waals surface area contributed by atoms with Gasteiger partial charge in [0.25, 0.3) is 0 Å². The lowest BCUT2D eigenvalue weighted by Gasteiger charge is -1.92. The fourth-order valence-corrected chi connectivity index (χ4v) is 0.432. The second-order valence-electron chi connectivity index (χ2n) is 1.74. The molecular formula is C7H13NO. The van der Waals surface area contributed by atoms with E-state index in [0.717, 1.165) is 5.70 Å². The standard InChI is InChI=1S/C7H13NO/c1-2-3-4-7(8)5-6-9/h2-4,9H,5-6,8H2,1H3/b3-2-,7-4+. The molecule has 0 bridgehead atoms. The van der Waals surface area contributed by atoms with E-state index in [9.17, 15) is 0 Å². The zero-order valence-electron chi connectivity index (χ0n) is 5.67. The predicted molar refractivity (Wildman–Crippen MR) is 38.8 cm³/mol. The number of hydrogen-bond donors (Lipinski definition) is 2. The maximum Gasteiger partial charge on any atom is 0.0485 e. The van der Waals surface area contributed by atoms with Crippen molar-refractivity contribution in [3.8, 4) is 0 Å². The molecule has 0 saturated heterocycles. The molecule has 0 saturated carbocycles. The van der Waals surface area contributed by atoms with Crippen LogP contribution < -0.4 is 5.73 Å². The lowest BCUT2D eigenvalue weighted by molar-refractivity contribution is 0.299. The van der Waals surface area contributed by atoms with Gasteiger partial charge in [-0.05, 0) is 13.0 Å². The molecule has 0 rings (SSSR count). The third-order valence-electron chi connectivity index (χ3n) is 0.903. The molecule has 0 fully saturated rings. The number of aliphatic hydroxyl groups is 1. The van der Waals surface area contributed by atoms with Gasteiger partial charge in [-0.15, -0.1) is 0 Å². The van der Waals surface area contributed by atoms with E-state index in [2.05, 4.69) is 0 Å². The number of allylic oxidation sites excluding steroid dienone is 3. The molecule has 0 radical (unpaired) electrons. The highest BCUT2D eigenvalue weighted by atomic mass is 16.3. The third-order valence-corrected chi connectivity index (χ3v) is 0.903. The van der Waals surface area contributed by atoms with Crippen molar-refractivity contribution >= 4 is 0 Å². The molecule has 0 unspecified atom stereocenters. The number of hydrogen-bond acceptors (Lipinski definition) is 2. The summed E-state index contributed by atoms with van der Waals surface area (Å²) in [6.07, 6.45) is 6.09. The van der Waals surface area contributed by atoms with Gasteiger partial charge in [0, 0.05) is 18.7 Å². The van der Waals surface area contributed by atoms with Crippen LogP contribution in [0.25, 0.3) is 0 Å². The van der Waals surface area contributed by atoms with Gasteiger partial charge < -0.3 is 10.8 Å². The van der Waals surface area contributed by atoms with E-state index in [1.54, 1.807) is 6.08 Å². The van der Waals surface area contributed by atoms with Gasteiger partial charge in [0.05, 0.1) is 0 Å². The molecule has 0 aliphatic heterocycles. The van der Waals surface area contributed by atoms with Gasteiger partial charge >= 0.3 is 0 Å². The van der Waals surface area contributed by atoms with E-state index in [1.807, 2.05) is 19.1 Å². The van der Waals surface area contributed by atoms with E-state index in [1.165, 1.54) is 0 Å². The molecule has 0 aromatic rings. The van der Waals surface area contributed by atoms with Crippen molar-refractivity contribution in [2.75, 3.05) is 6.61 Å². The normalized spacial score (nSPS) is 12.9. The van der Waals surface area contributed by atoms with Gasteiger partial charge in [0.15, 0.2) is 0 Å². The zero-order chi connectivity index (χ0) is 7.11. The van der Waals surface area contributed by atoms with Crippen LogP contribution in [0.15, 0.2) is 23.9 Å². The van der Waals surface area contributed by atoms with Crippen molar-refractivity contribution in [1.82, 2.24) is 0 Å². The topological polar surface area (TPSA) is 46.2 Å². The molecular weight excluding hydrogens is 114 g/mol. The van der Waals surface area contributed by atoms with Crippen molar-refractivity contribution in [3.63, 3.8) is 0 Å². The van der Waals surface area contributed by atoms with Crippen LogP contribution >= 0.6 is 0 Å². The minimum atomic E-state index is 0.125. The monoisotopic (exact) mass is 127 g/mol. The summed E-state index contributed by atoms with van der Waals surface area (Å²) in [6, 6.07) is 0. The van der Waals surface area contributed by atoms with Gasteiger partial charge in [-0.2, -0.15) is 0 Å². The molecule has 3 N–H and O–H groups in total. The Bertz CT molecular complexity index is 116. The van der Waals surface area contributed by atoms with Gasteiger partial charge in [-0.25, -0.2) is 0 Å². The molecule has 0 atom stereocenters. The quantitative estimate of drug-likeness (QED) is 0.550. The summed E-state index contributed by atoms with van der Waals surface area (Å²) in [6.45, 7) is 2.04. The molecule has 0 aliphatic carbocycles. The van der Waals surface area contributed by atoms with Gasteiger partial charge in [0.2, 0.25) is 0 Å². The highest BCUT2D eigenvalue weighted by Crippen LogP contribution is 1.90. The Labute approximate surface area is 55.7 Å². The van der Waals surface area contributed by atoms with Crippen LogP contribution in [-0.4, -0.2) is 11.7 Å². The molecule has 9 heavy (non-hydrogen) atoms. The van der Waals surface area contributed by atoms with Crippen LogP contribution in [0.5, 0.6) is 0 Å². The summed E-state index contributed by atoms with van der Waals surface area (Å²) in [5, 5.41) is 8.39. The Morgan fingerprint density at radius 2 is 2.33 bits per heavy atom. The van der Waals surface area contributed by atoms with Crippen LogP contribution in [-0.2, 0) is 0 Å². The Hall–Kier alpha value is -0.760. The van der Waals surface area contributed by atoms with Crippen LogP contribution in [0.1, 0.15) is 13.3 Å². The van der Waals surface area contributed by atoms with Gasteiger partial charge in [0.1, 0.15) is 0 Å². The third kappa shape index (κ3) is 5.11. The molecule has 0 aromatic carbocycles. The lowest BCUT2D eigenvalue weighted by atomic mass is 10.3. The SMILES string of the molecule is C/C=C\C=C(\N)CCO. The second kappa shape index (κ2) is 5.38. The van der Waals surface area contributed by atoms with Gasteiger partial charge in [-0.1, -0.05) is 12.2 Å². The Morgan fingerprint density at radius 3 is 2.78 bits per heavy atom. The van der Waals surface area contributed by atoms with E-state index in [0.29, 0.717) is 6.42 Å². The van der Waals surface area contributed by atoms with Crippen molar-refractivity contribution < 1.29 is 5.11 Å². The van der Waals surface area contributed by atoms with Crippen molar-refractivity contribution in [2.45, 2.75) is 13.3 Å². The molecule has 0 heterocycles. The Morgan fingerprint density at radius 1 is 1.67 bits per heavy atom. The number of rotatable bonds is 3. The van der Waals surface area contributed by atoms with Crippen molar-refractivity contribution in [2.24, 2.45) is 5.73 Å². The summed E-state index contributed by atoms with van der Waals surface area (Å²) in [5.41, 5.74) is 6.14. The average Bonchev–Trinajstić information content (AvgIpc) is 1.85. The maximum atomic E-state index is 8.39. The summed E-state index contributed by atoms with van der Waals surface area (Å²) < 4.78 is 0. The molecule has 2 heteroatoms. The zero-order valence-corrected chi connectivity index (χ0v) is 5.67. The fraction of sp³-hybridized carbons (Fsp3) is 0.429. The molecule has 2 nitrogen and oxygen atoms in total. The van der Waals surface area contributed by atoms with E-state index in [-0.39, 0.29) is 6.61 Å². The first-order valence-corrected chi connectivity index (χ1v) is 2.99. The number of aliphatic hydroxyl groups excluding tert-OH is 1. The van der Waals surface area contributed by atoms with Gasteiger partial charge in [-0.3, -0.25) is 0 Å². The largest absolute Gasteiger partial charge is 0.402 e. The van der Waals surface area contributed by atoms with Crippen LogP contribution in [0.4, 0.5) is 0 Å². The maximum absolute atomic E-state index is 8.39. The summed E-state index contributed by atoms with van der Waals surface area (Å²) >= 11 is 0. The highest BCUT2D eigenvalue weighted by molar-refractivity contribution is 5.08. The number of nitrogens with two attached hydrogens (primary N) is 1. The van der Waals surface area contributed by atoms with E-state index < -0.39 is 0 Å². The predicted octanol–water partition coefficient (Wildman–Crippen LogP) is 0.788. The smallest absolute Gasteiger partial charge is 0.0485 e. The van der Waals surface area contributed by atoms with Crippen LogP contribution in [0, 0.1) is 0 Å². The first-order valence-electron chi connectivity index (χ1n) is 2.99. The molecule has 0 spiro atoms. The fourth-order valence-electron chi connectivity index (χ4n) is 0.432. The van der Waals surface area contributed by atoms with E-state index in [4.69, 9.17) is 10.8 Å². The van der Waals surface area contributed by atoms with E-state index >= 15 is 0 Å². The highest BCUT2D eigenvalue weighted by Gasteiger charge is 1.83. The van der Waals surface area contributed by atoms with Crippen LogP contribution in [0.2, 0.25) is 0 Å². The Balaban J connectivity index is 3.55. The molecule has 0 aliphatic rings. The summed E-state index contributed by atoms with van der Waals surface area (Å²) in [5.74, 6) is 0. The first-order chi connectivity index (χ1) is 4.31. The summed E-state index contributed by atoms with van der Waals surface area (Å²) in [4.78, 5) is 0. The summed E-state index contributed by atoms with van der Waals surface area (Å²) in [7, 11) is 0. The average molecular weight is 127 g/mol. The first kappa shape index (κ1) is 8.24. The minimum Gasteiger partial charge on any atom is -0.402 e. The molecule has 52 valence electrons. The molecule has 0 amide bonds. The molecule has 0 aromatic heterocycles. The van der Waals surface area contributed by atoms with Crippen molar-refractivity contribution in [3.05, 3.63) is 23.9 Å². The second-order valence-corrected chi connectivity index (χ2v) is 1.74. The lowest BCUT2D eigenvalue weighted by Crippen LogP contribution is -1.98. The Kier molecular flexibility index (Phi) is 4.92.